The Morgan fingerprint density at radius 2 is 2.05 bits per heavy atom. The molecule has 1 amide bonds. The van der Waals surface area contributed by atoms with Crippen molar-refractivity contribution in [3.05, 3.63) is 47.3 Å². The summed E-state index contributed by atoms with van der Waals surface area (Å²) < 4.78 is 0. The van der Waals surface area contributed by atoms with Crippen LogP contribution in [0.25, 0.3) is 0 Å². The van der Waals surface area contributed by atoms with E-state index in [1.807, 2.05) is 44.2 Å². The fourth-order valence-corrected chi connectivity index (χ4v) is 2.09. The summed E-state index contributed by atoms with van der Waals surface area (Å²) in [5.74, 6) is -0.0380. The number of nitrogens with two attached hydrogens (primary N) is 1. The van der Waals surface area contributed by atoms with Crippen LogP contribution in [0.5, 0.6) is 0 Å². The van der Waals surface area contributed by atoms with Gasteiger partial charge in [-0.3, -0.25) is 9.89 Å². The zero-order valence-electron chi connectivity index (χ0n) is 11.8. The van der Waals surface area contributed by atoms with Gasteiger partial charge in [0, 0.05) is 12.5 Å². The van der Waals surface area contributed by atoms with Gasteiger partial charge in [0.15, 0.2) is 0 Å². The molecule has 1 aromatic carbocycles. The van der Waals surface area contributed by atoms with Gasteiger partial charge in [-0.15, -0.1) is 0 Å². The van der Waals surface area contributed by atoms with Crippen molar-refractivity contribution in [2.45, 2.75) is 32.7 Å². The van der Waals surface area contributed by atoms with Crippen molar-refractivity contribution >= 4 is 11.6 Å². The smallest absolute Gasteiger partial charge is 0.224 e. The van der Waals surface area contributed by atoms with Gasteiger partial charge in [-0.1, -0.05) is 30.3 Å². The number of benzene rings is 1. The Bertz CT molecular complexity index is 557. The van der Waals surface area contributed by atoms with Crippen LogP contribution in [0.1, 0.15) is 35.8 Å². The SMILES string of the molecule is Cc1n[nH]c(C)c1NC(=O)CCC(N)c1ccccc1. The second-order valence-corrected chi connectivity index (χ2v) is 4.91. The summed E-state index contributed by atoms with van der Waals surface area (Å²) in [4.78, 5) is 11.9. The summed E-state index contributed by atoms with van der Waals surface area (Å²) in [6, 6.07) is 9.70. The second kappa shape index (κ2) is 6.34. The van der Waals surface area contributed by atoms with Crippen LogP contribution >= 0.6 is 0 Å². The maximum absolute atomic E-state index is 11.9. The molecule has 0 fully saturated rings. The molecule has 1 aromatic heterocycles. The molecule has 106 valence electrons. The molecule has 0 aliphatic rings. The number of hydrogen-bond acceptors (Lipinski definition) is 3. The van der Waals surface area contributed by atoms with E-state index in [-0.39, 0.29) is 11.9 Å². The zero-order chi connectivity index (χ0) is 14.5. The molecule has 1 heterocycles. The van der Waals surface area contributed by atoms with Gasteiger partial charge in [0.05, 0.1) is 17.1 Å². The van der Waals surface area contributed by atoms with E-state index in [2.05, 4.69) is 15.5 Å². The van der Waals surface area contributed by atoms with Crippen LogP contribution in [0.2, 0.25) is 0 Å². The maximum atomic E-state index is 11.9. The number of nitrogens with zero attached hydrogens (tertiary/aromatic N) is 1. The van der Waals surface area contributed by atoms with E-state index in [0.717, 1.165) is 22.6 Å². The monoisotopic (exact) mass is 272 g/mol. The first-order valence-corrected chi connectivity index (χ1v) is 6.70. The number of aromatic amines is 1. The van der Waals surface area contributed by atoms with Crippen LogP contribution in [0, 0.1) is 13.8 Å². The average molecular weight is 272 g/mol. The first-order valence-electron chi connectivity index (χ1n) is 6.70. The standard InChI is InChI=1S/C15H20N4O/c1-10-15(11(2)19-18-10)17-14(20)9-8-13(16)12-6-4-3-5-7-12/h3-7,13H,8-9,16H2,1-2H3,(H,17,20)(H,18,19). The Balaban J connectivity index is 1.87. The number of carbonyl (C=O) groups is 1. The number of H-pyrrole nitrogens is 1. The zero-order valence-corrected chi connectivity index (χ0v) is 11.8. The van der Waals surface area contributed by atoms with E-state index in [1.165, 1.54) is 0 Å². The molecule has 4 N–H and O–H groups in total. The van der Waals surface area contributed by atoms with Gasteiger partial charge in [-0.2, -0.15) is 5.10 Å². The van der Waals surface area contributed by atoms with Gasteiger partial charge in [-0.25, -0.2) is 0 Å². The molecule has 0 radical (unpaired) electrons. The lowest BCUT2D eigenvalue weighted by Crippen LogP contribution is -2.17. The van der Waals surface area contributed by atoms with Crippen molar-refractivity contribution in [2.75, 3.05) is 5.32 Å². The molecule has 0 saturated carbocycles. The quantitative estimate of drug-likeness (QED) is 0.781. The van der Waals surface area contributed by atoms with Gasteiger partial charge in [0.25, 0.3) is 0 Å². The third-order valence-electron chi connectivity index (χ3n) is 3.30. The fourth-order valence-electron chi connectivity index (χ4n) is 2.09. The van der Waals surface area contributed by atoms with Crippen molar-refractivity contribution in [2.24, 2.45) is 5.73 Å². The summed E-state index contributed by atoms with van der Waals surface area (Å²) >= 11 is 0. The van der Waals surface area contributed by atoms with Crippen LogP contribution in [0.15, 0.2) is 30.3 Å². The van der Waals surface area contributed by atoms with E-state index < -0.39 is 0 Å². The molecule has 0 aliphatic heterocycles. The minimum atomic E-state index is -0.117. The lowest BCUT2D eigenvalue weighted by molar-refractivity contribution is -0.116. The van der Waals surface area contributed by atoms with E-state index >= 15 is 0 Å². The molecule has 1 atom stereocenters. The van der Waals surface area contributed by atoms with Crippen LogP contribution in [-0.2, 0) is 4.79 Å². The lowest BCUT2D eigenvalue weighted by Gasteiger charge is -2.12. The molecule has 1 unspecified atom stereocenters. The Hall–Kier alpha value is -2.14. The molecule has 2 rings (SSSR count). The first-order chi connectivity index (χ1) is 9.58. The molecule has 2 aromatic rings. The summed E-state index contributed by atoms with van der Waals surface area (Å²) in [7, 11) is 0. The highest BCUT2D eigenvalue weighted by molar-refractivity contribution is 5.91. The number of rotatable bonds is 5. The minimum Gasteiger partial charge on any atom is -0.324 e. The van der Waals surface area contributed by atoms with Gasteiger partial charge < -0.3 is 11.1 Å². The number of amides is 1. The minimum absolute atomic E-state index is 0.0380. The predicted molar refractivity (Wildman–Crippen MR) is 79.3 cm³/mol. The van der Waals surface area contributed by atoms with Crippen LogP contribution in [0.4, 0.5) is 5.69 Å². The Morgan fingerprint density at radius 1 is 1.35 bits per heavy atom. The van der Waals surface area contributed by atoms with E-state index in [1.54, 1.807) is 0 Å². The molecule has 20 heavy (non-hydrogen) atoms. The maximum Gasteiger partial charge on any atom is 0.224 e. The number of anilines is 1. The van der Waals surface area contributed by atoms with Crippen LogP contribution < -0.4 is 11.1 Å². The molecular weight excluding hydrogens is 252 g/mol. The fraction of sp³-hybridized carbons (Fsp3) is 0.333. The molecule has 5 heteroatoms. The van der Waals surface area contributed by atoms with Gasteiger partial charge >= 0.3 is 0 Å². The molecule has 0 bridgehead atoms. The topological polar surface area (TPSA) is 83.8 Å². The molecule has 5 nitrogen and oxygen atoms in total. The second-order valence-electron chi connectivity index (χ2n) is 4.91. The van der Waals surface area contributed by atoms with E-state index in [9.17, 15) is 4.79 Å². The molecule has 0 aliphatic carbocycles. The number of aromatic nitrogens is 2. The van der Waals surface area contributed by atoms with Crippen molar-refractivity contribution in [1.82, 2.24) is 10.2 Å². The Kier molecular flexibility index (Phi) is 4.53. The Morgan fingerprint density at radius 3 is 2.65 bits per heavy atom. The van der Waals surface area contributed by atoms with Crippen LogP contribution in [-0.4, -0.2) is 16.1 Å². The van der Waals surface area contributed by atoms with Gasteiger partial charge in [0.2, 0.25) is 5.91 Å². The Labute approximate surface area is 118 Å². The highest BCUT2D eigenvalue weighted by Gasteiger charge is 2.12. The average Bonchev–Trinajstić information content (AvgIpc) is 2.77. The normalized spacial score (nSPS) is 12.2. The van der Waals surface area contributed by atoms with Crippen molar-refractivity contribution in [3.8, 4) is 0 Å². The number of nitrogens with one attached hydrogen (secondary N) is 2. The highest BCUT2D eigenvalue weighted by atomic mass is 16.1. The largest absolute Gasteiger partial charge is 0.324 e. The summed E-state index contributed by atoms with van der Waals surface area (Å²) in [6.45, 7) is 3.74. The number of hydrogen-bond donors (Lipinski definition) is 3. The predicted octanol–water partition coefficient (Wildman–Crippen LogP) is 2.45. The third kappa shape index (κ3) is 3.45. The van der Waals surface area contributed by atoms with Crippen molar-refractivity contribution < 1.29 is 4.79 Å². The van der Waals surface area contributed by atoms with Crippen LogP contribution in [0.3, 0.4) is 0 Å². The lowest BCUT2D eigenvalue weighted by atomic mass is 10.0. The van der Waals surface area contributed by atoms with Crippen molar-refractivity contribution in [1.29, 1.82) is 0 Å². The van der Waals surface area contributed by atoms with E-state index in [0.29, 0.717) is 12.8 Å². The number of aryl methyl sites for hydroxylation is 2. The first kappa shape index (κ1) is 14.3. The summed E-state index contributed by atoms with van der Waals surface area (Å²) in [5.41, 5.74) is 9.56. The molecular formula is C15H20N4O. The summed E-state index contributed by atoms with van der Waals surface area (Å²) in [5, 5.41) is 9.77. The molecule has 0 saturated heterocycles. The van der Waals surface area contributed by atoms with Crippen molar-refractivity contribution in [3.63, 3.8) is 0 Å². The van der Waals surface area contributed by atoms with E-state index in [4.69, 9.17) is 5.73 Å². The van der Waals surface area contributed by atoms with Gasteiger partial charge in [0.1, 0.15) is 0 Å². The highest BCUT2D eigenvalue weighted by Crippen LogP contribution is 2.18. The number of carbonyl (C=O) groups excluding carboxylic acids is 1. The molecule has 0 spiro atoms. The van der Waals surface area contributed by atoms with Gasteiger partial charge in [-0.05, 0) is 25.8 Å². The third-order valence-corrected chi connectivity index (χ3v) is 3.30. The summed E-state index contributed by atoms with van der Waals surface area (Å²) in [6.07, 6.45) is 1.01.